The summed E-state index contributed by atoms with van der Waals surface area (Å²) in [5.74, 6) is -1.47. The number of halogens is 2. The molecule has 0 saturated heterocycles. The summed E-state index contributed by atoms with van der Waals surface area (Å²) < 4.78 is 2.76. The molecule has 0 aliphatic rings. The SMILES string of the molecule is O=C(Cn1ccc2cc(Br)ccc21)Nc1ccc(Cl)cc1C(=O)O. The molecule has 0 saturated carbocycles. The Bertz CT molecular complexity index is 952. The third kappa shape index (κ3) is 3.44. The number of amides is 1. The van der Waals surface area contributed by atoms with Crippen LogP contribution in [-0.2, 0) is 11.3 Å². The van der Waals surface area contributed by atoms with E-state index in [0.29, 0.717) is 5.02 Å². The largest absolute Gasteiger partial charge is 0.478 e. The van der Waals surface area contributed by atoms with Crippen LogP contribution in [-0.4, -0.2) is 21.6 Å². The number of fused-ring (bicyclic) bond motifs is 1. The number of carboxylic acid groups (broad SMARTS) is 1. The van der Waals surface area contributed by atoms with Gasteiger partial charge in [-0.3, -0.25) is 4.79 Å². The number of rotatable bonds is 4. The molecule has 0 bridgehead atoms. The van der Waals surface area contributed by atoms with Crippen molar-refractivity contribution < 1.29 is 14.7 Å². The van der Waals surface area contributed by atoms with E-state index in [1.165, 1.54) is 18.2 Å². The highest BCUT2D eigenvalue weighted by molar-refractivity contribution is 9.10. The maximum Gasteiger partial charge on any atom is 0.337 e. The summed E-state index contributed by atoms with van der Waals surface area (Å²) in [7, 11) is 0. The van der Waals surface area contributed by atoms with Crippen LogP contribution >= 0.6 is 27.5 Å². The molecule has 5 nitrogen and oxygen atoms in total. The molecule has 1 heterocycles. The van der Waals surface area contributed by atoms with Gasteiger partial charge < -0.3 is 15.0 Å². The van der Waals surface area contributed by atoms with E-state index in [1.54, 1.807) is 4.57 Å². The molecule has 24 heavy (non-hydrogen) atoms. The minimum Gasteiger partial charge on any atom is -0.478 e. The number of carboxylic acids is 1. The highest BCUT2D eigenvalue weighted by Crippen LogP contribution is 2.22. The van der Waals surface area contributed by atoms with Crippen molar-refractivity contribution in [1.82, 2.24) is 4.57 Å². The maximum atomic E-state index is 12.3. The molecule has 0 aliphatic heterocycles. The number of aromatic carboxylic acids is 1. The molecule has 0 unspecified atom stereocenters. The fourth-order valence-electron chi connectivity index (χ4n) is 2.46. The van der Waals surface area contributed by atoms with Crippen LogP contribution < -0.4 is 5.32 Å². The van der Waals surface area contributed by atoms with Crippen LogP contribution in [0.15, 0.2) is 53.1 Å². The third-order valence-electron chi connectivity index (χ3n) is 3.53. The summed E-state index contributed by atoms with van der Waals surface area (Å²) in [6.45, 7) is 0.0762. The Labute approximate surface area is 151 Å². The zero-order valence-corrected chi connectivity index (χ0v) is 14.6. The first-order valence-corrected chi connectivity index (χ1v) is 8.18. The van der Waals surface area contributed by atoms with E-state index in [2.05, 4.69) is 21.2 Å². The lowest BCUT2D eigenvalue weighted by Crippen LogP contribution is -2.19. The van der Waals surface area contributed by atoms with Crippen molar-refractivity contribution in [3.05, 3.63) is 63.7 Å². The average Bonchev–Trinajstić information content (AvgIpc) is 2.90. The molecule has 3 aromatic rings. The Balaban J connectivity index is 1.82. The number of aromatic nitrogens is 1. The van der Waals surface area contributed by atoms with E-state index in [1.807, 2.05) is 30.5 Å². The first-order valence-electron chi connectivity index (χ1n) is 7.01. The smallest absolute Gasteiger partial charge is 0.337 e. The minimum atomic E-state index is -1.15. The summed E-state index contributed by atoms with van der Waals surface area (Å²) in [6.07, 6.45) is 1.82. The number of carbonyl (C=O) groups excluding carboxylic acids is 1. The van der Waals surface area contributed by atoms with Gasteiger partial charge in [-0.1, -0.05) is 27.5 Å². The Hall–Kier alpha value is -2.31. The fourth-order valence-corrected chi connectivity index (χ4v) is 3.01. The van der Waals surface area contributed by atoms with Crippen molar-refractivity contribution in [3.63, 3.8) is 0 Å². The van der Waals surface area contributed by atoms with Gasteiger partial charge in [-0.05, 0) is 42.5 Å². The molecule has 122 valence electrons. The lowest BCUT2D eigenvalue weighted by molar-refractivity contribution is -0.116. The zero-order chi connectivity index (χ0) is 17.3. The highest BCUT2D eigenvalue weighted by atomic mass is 79.9. The fraction of sp³-hybridized carbons (Fsp3) is 0.0588. The van der Waals surface area contributed by atoms with Crippen molar-refractivity contribution in [1.29, 1.82) is 0 Å². The number of anilines is 1. The van der Waals surface area contributed by atoms with Crippen LogP contribution in [0.3, 0.4) is 0 Å². The quantitative estimate of drug-likeness (QED) is 0.673. The first-order chi connectivity index (χ1) is 11.4. The molecule has 1 aromatic heterocycles. The van der Waals surface area contributed by atoms with E-state index < -0.39 is 5.97 Å². The van der Waals surface area contributed by atoms with Crippen LogP contribution in [0.1, 0.15) is 10.4 Å². The minimum absolute atomic E-state index is 0.0443. The second-order valence-electron chi connectivity index (χ2n) is 5.19. The molecule has 0 spiro atoms. The average molecular weight is 408 g/mol. The van der Waals surface area contributed by atoms with Gasteiger partial charge >= 0.3 is 5.97 Å². The van der Waals surface area contributed by atoms with Crippen molar-refractivity contribution in [2.24, 2.45) is 0 Å². The lowest BCUT2D eigenvalue weighted by Gasteiger charge is -2.10. The topological polar surface area (TPSA) is 71.3 Å². The van der Waals surface area contributed by atoms with Crippen LogP contribution in [0.4, 0.5) is 5.69 Å². The summed E-state index contributed by atoms with van der Waals surface area (Å²) in [5, 5.41) is 13.1. The molecule has 2 aromatic carbocycles. The monoisotopic (exact) mass is 406 g/mol. The molecule has 0 aliphatic carbocycles. The number of hydrogen-bond acceptors (Lipinski definition) is 2. The Morgan fingerprint density at radius 2 is 1.96 bits per heavy atom. The van der Waals surface area contributed by atoms with Crippen molar-refractivity contribution in [2.75, 3.05) is 5.32 Å². The van der Waals surface area contributed by atoms with Gasteiger partial charge in [0.15, 0.2) is 0 Å². The van der Waals surface area contributed by atoms with E-state index >= 15 is 0 Å². The number of carbonyl (C=O) groups is 2. The second kappa shape index (κ2) is 6.67. The van der Waals surface area contributed by atoms with Crippen molar-refractivity contribution in [2.45, 2.75) is 6.54 Å². The number of nitrogens with one attached hydrogen (secondary N) is 1. The molecular formula is C17H12BrClN2O3. The van der Waals surface area contributed by atoms with Gasteiger partial charge in [0.2, 0.25) is 5.91 Å². The normalized spacial score (nSPS) is 10.8. The van der Waals surface area contributed by atoms with E-state index in [9.17, 15) is 14.7 Å². The van der Waals surface area contributed by atoms with Gasteiger partial charge in [-0.15, -0.1) is 0 Å². The van der Waals surface area contributed by atoms with Gasteiger partial charge in [-0.2, -0.15) is 0 Å². The van der Waals surface area contributed by atoms with E-state index in [4.69, 9.17) is 11.6 Å². The maximum absolute atomic E-state index is 12.3. The molecule has 2 N–H and O–H groups in total. The third-order valence-corrected chi connectivity index (χ3v) is 4.26. The summed E-state index contributed by atoms with van der Waals surface area (Å²) in [6, 6.07) is 12.0. The molecule has 0 atom stereocenters. The van der Waals surface area contributed by atoms with Gasteiger partial charge in [0.25, 0.3) is 0 Å². The van der Waals surface area contributed by atoms with Gasteiger partial charge in [0.05, 0.1) is 11.3 Å². The standard InChI is InChI=1S/C17H12BrClN2O3/c18-11-1-4-15-10(7-11)5-6-21(15)9-16(22)20-14-3-2-12(19)8-13(14)17(23)24/h1-8H,9H2,(H,20,22)(H,23,24). The predicted molar refractivity (Wildman–Crippen MR) is 96.7 cm³/mol. The Kier molecular flexibility index (Phi) is 4.59. The van der Waals surface area contributed by atoms with Crippen LogP contribution in [0.2, 0.25) is 5.02 Å². The molecule has 0 radical (unpaired) electrons. The summed E-state index contributed by atoms with van der Waals surface area (Å²) >= 11 is 9.22. The van der Waals surface area contributed by atoms with Crippen molar-refractivity contribution >= 4 is 56.0 Å². The van der Waals surface area contributed by atoms with E-state index in [-0.39, 0.29) is 23.7 Å². The van der Waals surface area contributed by atoms with Gasteiger partial charge in [-0.25, -0.2) is 4.79 Å². The zero-order valence-electron chi connectivity index (χ0n) is 12.3. The first kappa shape index (κ1) is 16.5. The van der Waals surface area contributed by atoms with Crippen LogP contribution in [0.5, 0.6) is 0 Å². The number of hydrogen-bond donors (Lipinski definition) is 2. The molecule has 3 rings (SSSR count). The summed E-state index contributed by atoms with van der Waals surface area (Å²) in [4.78, 5) is 23.5. The Morgan fingerprint density at radius 1 is 1.17 bits per heavy atom. The van der Waals surface area contributed by atoms with Gasteiger partial charge in [0.1, 0.15) is 6.54 Å². The molecular weight excluding hydrogens is 396 g/mol. The molecule has 7 heteroatoms. The number of nitrogens with zero attached hydrogens (tertiary/aromatic N) is 1. The van der Waals surface area contributed by atoms with E-state index in [0.717, 1.165) is 15.4 Å². The molecule has 1 amide bonds. The predicted octanol–water partition coefficient (Wildman–Crippen LogP) is 4.39. The van der Waals surface area contributed by atoms with Gasteiger partial charge in [0, 0.05) is 26.6 Å². The molecule has 0 fully saturated rings. The van der Waals surface area contributed by atoms with Crippen LogP contribution in [0.25, 0.3) is 10.9 Å². The van der Waals surface area contributed by atoms with Crippen molar-refractivity contribution in [3.8, 4) is 0 Å². The lowest BCUT2D eigenvalue weighted by atomic mass is 10.2. The van der Waals surface area contributed by atoms with Crippen LogP contribution in [0, 0.1) is 0 Å². The highest BCUT2D eigenvalue weighted by Gasteiger charge is 2.14. The Morgan fingerprint density at radius 3 is 2.71 bits per heavy atom. The summed E-state index contributed by atoms with van der Waals surface area (Å²) in [5.41, 5.74) is 1.09. The number of benzene rings is 2. The second-order valence-corrected chi connectivity index (χ2v) is 6.54.